The predicted octanol–water partition coefficient (Wildman–Crippen LogP) is 6.16. The molecule has 0 aliphatic heterocycles. The summed E-state index contributed by atoms with van der Waals surface area (Å²) in [6, 6.07) is 16.5. The van der Waals surface area contributed by atoms with Gasteiger partial charge in [-0.25, -0.2) is 4.98 Å². The zero-order valence-corrected chi connectivity index (χ0v) is 18.7. The van der Waals surface area contributed by atoms with Gasteiger partial charge in [0.1, 0.15) is 17.3 Å². The van der Waals surface area contributed by atoms with Crippen molar-refractivity contribution >= 4 is 12.4 Å². The molecule has 1 heterocycles. The minimum atomic E-state index is 0. The Balaban J connectivity index is 0.00000256. The molecule has 1 aliphatic carbocycles. The van der Waals surface area contributed by atoms with E-state index in [0.717, 1.165) is 47.5 Å². The lowest BCUT2D eigenvalue weighted by Crippen LogP contribution is -2.15. The van der Waals surface area contributed by atoms with Gasteiger partial charge in [-0.15, -0.1) is 12.4 Å². The summed E-state index contributed by atoms with van der Waals surface area (Å²) in [5, 5.41) is 0. The molecular weight excluding hydrogens is 396 g/mol. The molecule has 30 heavy (non-hydrogen) atoms. The van der Waals surface area contributed by atoms with Crippen LogP contribution in [0.3, 0.4) is 0 Å². The van der Waals surface area contributed by atoms with Crippen molar-refractivity contribution in [2.75, 3.05) is 14.2 Å². The van der Waals surface area contributed by atoms with Crippen molar-refractivity contribution in [2.24, 2.45) is 5.92 Å². The summed E-state index contributed by atoms with van der Waals surface area (Å²) in [7, 11) is 3.40. The van der Waals surface area contributed by atoms with E-state index in [1.54, 1.807) is 14.2 Å². The molecule has 5 heteroatoms. The van der Waals surface area contributed by atoms with Crippen molar-refractivity contribution in [3.8, 4) is 22.8 Å². The largest absolute Gasteiger partial charge is 0.497 e. The van der Waals surface area contributed by atoms with Crippen molar-refractivity contribution in [1.29, 1.82) is 0 Å². The quantitative estimate of drug-likeness (QED) is 0.453. The normalized spacial score (nSPS) is 14.2. The number of halogens is 1. The number of ether oxygens (including phenoxy) is 2. The molecule has 2 aromatic carbocycles. The summed E-state index contributed by atoms with van der Waals surface area (Å²) >= 11 is 0. The average Bonchev–Trinajstić information content (AvgIpc) is 3.17. The van der Waals surface area contributed by atoms with E-state index < -0.39 is 0 Å². The number of imidazole rings is 1. The Morgan fingerprint density at radius 2 is 1.67 bits per heavy atom. The van der Waals surface area contributed by atoms with E-state index >= 15 is 0 Å². The summed E-state index contributed by atoms with van der Waals surface area (Å²) in [5.41, 5.74) is 3.37. The van der Waals surface area contributed by atoms with Crippen LogP contribution >= 0.6 is 12.4 Å². The highest BCUT2D eigenvalue weighted by atomic mass is 35.5. The van der Waals surface area contributed by atoms with Gasteiger partial charge in [0.25, 0.3) is 0 Å². The molecule has 0 spiro atoms. The van der Waals surface area contributed by atoms with Gasteiger partial charge in [0, 0.05) is 24.7 Å². The summed E-state index contributed by atoms with van der Waals surface area (Å²) in [4.78, 5) is 5.04. The van der Waals surface area contributed by atoms with Crippen LogP contribution in [0, 0.1) is 5.92 Å². The molecule has 160 valence electrons. The van der Waals surface area contributed by atoms with Gasteiger partial charge in [-0.2, -0.15) is 0 Å². The number of rotatable bonds is 7. The number of nitrogens with zero attached hydrogens (tertiary/aromatic N) is 2. The first-order valence-electron chi connectivity index (χ1n) is 10.6. The molecule has 0 amide bonds. The summed E-state index contributed by atoms with van der Waals surface area (Å²) in [6.45, 7) is 1.06. The van der Waals surface area contributed by atoms with Gasteiger partial charge in [0.05, 0.1) is 19.9 Å². The molecule has 0 atom stereocenters. The van der Waals surface area contributed by atoms with E-state index in [-0.39, 0.29) is 12.4 Å². The molecule has 0 unspecified atom stereocenters. The highest BCUT2D eigenvalue weighted by Crippen LogP contribution is 2.28. The van der Waals surface area contributed by atoms with Gasteiger partial charge < -0.3 is 14.0 Å². The number of methoxy groups -OCH3 is 2. The van der Waals surface area contributed by atoms with Crippen LogP contribution in [0.15, 0.2) is 54.7 Å². The maximum absolute atomic E-state index is 5.41. The number of hydrogen-bond acceptors (Lipinski definition) is 3. The van der Waals surface area contributed by atoms with Crippen LogP contribution in [0.5, 0.6) is 11.5 Å². The lowest BCUT2D eigenvalue weighted by atomic mass is 9.89. The van der Waals surface area contributed by atoms with Crippen LogP contribution in [0.25, 0.3) is 11.3 Å². The second-order valence-corrected chi connectivity index (χ2v) is 7.96. The fourth-order valence-electron chi connectivity index (χ4n) is 4.25. The van der Waals surface area contributed by atoms with Crippen LogP contribution in [0.4, 0.5) is 0 Å². The van der Waals surface area contributed by atoms with Gasteiger partial charge in [0.2, 0.25) is 0 Å². The Kier molecular flexibility index (Phi) is 7.81. The highest BCUT2D eigenvalue weighted by molar-refractivity contribution is 5.85. The summed E-state index contributed by atoms with van der Waals surface area (Å²) in [5.74, 6) is 3.63. The lowest BCUT2D eigenvalue weighted by molar-refractivity contribution is 0.316. The van der Waals surface area contributed by atoms with Crippen LogP contribution in [0.1, 0.15) is 43.5 Å². The second kappa shape index (κ2) is 10.5. The second-order valence-electron chi connectivity index (χ2n) is 7.96. The van der Waals surface area contributed by atoms with E-state index in [9.17, 15) is 0 Å². The topological polar surface area (TPSA) is 36.3 Å². The molecule has 0 saturated heterocycles. The first-order valence-corrected chi connectivity index (χ1v) is 10.6. The third-order valence-electron chi connectivity index (χ3n) is 5.93. The van der Waals surface area contributed by atoms with Crippen molar-refractivity contribution in [3.63, 3.8) is 0 Å². The van der Waals surface area contributed by atoms with Crippen LogP contribution in [-0.4, -0.2) is 23.8 Å². The Morgan fingerprint density at radius 1 is 0.933 bits per heavy atom. The average molecular weight is 427 g/mol. The predicted molar refractivity (Wildman–Crippen MR) is 124 cm³/mol. The minimum absolute atomic E-state index is 0. The summed E-state index contributed by atoms with van der Waals surface area (Å²) < 4.78 is 13.1. The van der Waals surface area contributed by atoms with Crippen molar-refractivity contribution in [1.82, 2.24) is 9.55 Å². The lowest BCUT2D eigenvalue weighted by Gasteiger charge is -2.22. The fraction of sp³-hybridized carbons (Fsp3) is 0.400. The van der Waals surface area contributed by atoms with Crippen LogP contribution in [0.2, 0.25) is 0 Å². The number of aromatic nitrogens is 2. The molecule has 1 fully saturated rings. The fourth-order valence-corrected chi connectivity index (χ4v) is 4.25. The first-order chi connectivity index (χ1) is 14.2. The zero-order chi connectivity index (χ0) is 20.1. The molecule has 0 N–H and O–H groups in total. The van der Waals surface area contributed by atoms with Crippen LogP contribution in [-0.2, 0) is 13.0 Å². The van der Waals surface area contributed by atoms with E-state index in [0.29, 0.717) is 0 Å². The van der Waals surface area contributed by atoms with Gasteiger partial charge in [0.15, 0.2) is 0 Å². The maximum Gasteiger partial charge on any atom is 0.119 e. The van der Waals surface area contributed by atoms with E-state index in [2.05, 4.69) is 35.0 Å². The highest BCUT2D eigenvalue weighted by Gasteiger charge is 2.18. The molecule has 1 aliphatic rings. The minimum Gasteiger partial charge on any atom is -0.497 e. The smallest absolute Gasteiger partial charge is 0.119 e. The third-order valence-corrected chi connectivity index (χ3v) is 5.93. The van der Waals surface area contributed by atoms with E-state index in [1.807, 2.05) is 24.3 Å². The Bertz CT molecular complexity index is 931. The third kappa shape index (κ3) is 5.37. The van der Waals surface area contributed by atoms with Crippen molar-refractivity contribution < 1.29 is 9.47 Å². The molecule has 0 bridgehead atoms. The number of benzene rings is 2. The SMILES string of the molecule is COc1ccc(Cc2nc(-c3cccc(OC)c3)cn2CC2CCCCC2)cc1.Cl. The van der Waals surface area contributed by atoms with Crippen LogP contribution < -0.4 is 9.47 Å². The first kappa shape index (κ1) is 22.2. The van der Waals surface area contributed by atoms with E-state index in [1.165, 1.54) is 37.7 Å². The van der Waals surface area contributed by atoms with Crippen molar-refractivity contribution in [2.45, 2.75) is 45.1 Å². The Hall–Kier alpha value is -2.46. The summed E-state index contributed by atoms with van der Waals surface area (Å²) in [6.07, 6.45) is 9.80. The molecule has 1 saturated carbocycles. The van der Waals surface area contributed by atoms with E-state index in [4.69, 9.17) is 14.5 Å². The molecule has 4 nitrogen and oxygen atoms in total. The molecule has 0 radical (unpaired) electrons. The Labute approximate surface area is 185 Å². The maximum atomic E-state index is 5.41. The zero-order valence-electron chi connectivity index (χ0n) is 17.8. The Morgan fingerprint density at radius 3 is 2.37 bits per heavy atom. The molecule has 1 aromatic heterocycles. The molecular formula is C25H31ClN2O2. The van der Waals surface area contributed by atoms with Gasteiger partial charge >= 0.3 is 0 Å². The van der Waals surface area contributed by atoms with Gasteiger partial charge in [-0.05, 0) is 48.6 Å². The van der Waals surface area contributed by atoms with Gasteiger partial charge in [-0.1, -0.05) is 43.5 Å². The number of hydrogen-bond donors (Lipinski definition) is 0. The molecule has 4 rings (SSSR count). The molecule has 3 aromatic rings. The standard InChI is InChI=1S/C25H30N2O2.ClH/c1-28-22-13-11-19(12-14-22)15-25-26-24(21-9-6-10-23(16-21)29-2)18-27(25)17-20-7-4-3-5-8-20;/h6,9-14,16,18,20H,3-5,7-8,15,17H2,1-2H3;1H. The van der Waals surface area contributed by atoms with Gasteiger partial charge in [-0.3, -0.25) is 0 Å². The van der Waals surface area contributed by atoms with Crippen molar-refractivity contribution in [3.05, 3.63) is 66.1 Å². The monoisotopic (exact) mass is 426 g/mol.